The average molecular weight is 223 g/mol. The highest BCUT2D eigenvalue weighted by Crippen LogP contribution is 2.18. The van der Waals surface area contributed by atoms with Gasteiger partial charge in [0.1, 0.15) is 0 Å². The summed E-state index contributed by atoms with van der Waals surface area (Å²) in [7, 11) is 0. The molecule has 78 valence electrons. The molecule has 0 aliphatic heterocycles. The fourth-order valence-corrected chi connectivity index (χ4v) is 1.87. The lowest BCUT2D eigenvalue weighted by Crippen LogP contribution is -2.07. The van der Waals surface area contributed by atoms with Crippen molar-refractivity contribution in [1.82, 2.24) is 9.97 Å². The maximum atomic E-state index is 12.5. The van der Waals surface area contributed by atoms with Crippen molar-refractivity contribution in [3.05, 3.63) is 40.9 Å². The van der Waals surface area contributed by atoms with Crippen LogP contribution < -0.4 is 5.32 Å². The van der Waals surface area contributed by atoms with E-state index in [0.717, 1.165) is 11.4 Å². The van der Waals surface area contributed by atoms with E-state index >= 15 is 0 Å². The van der Waals surface area contributed by atoms with E-state index in [0.29, 0.717) is 0 Å². The Morgan fingerprint density at radius 2 is 2.27 bits per heavy atom. The highest BCUT2D eigenvalue weighted by atomic mass is 32.1. The summed E-state index contributed by atoms with van der Waals surface area (Å²) in [6, 6.07) is 3.09. The number of thiazole rings is 1. The van der Waals surface area contributed by atoms with Gasteiger partial charge in [-0.15, -0.1) is 11.3 Å². The van der Waals surface area contributed by atoms with E-state index in [1.807, 2.05) is 12.3 Å². The van der Waals surface area contributed by atoms with Crippen LogP contribution in [0, 0.1) is 5.95 Å². The Labute approximate surface area is 91.0 Å². The number of pyridine rings is 1. The topological polar surface area (TPSA) is 37.8 Å². The lowest BCUT2D eigenvalue weighted by Gasteiger charge is -2.12. The second kappa shape index (κ2) is 4.35. The second-order valence-electron chi connectivity index (χ2n) is 3.15. The van der Waals surface area contributed by atoms with Crippen molar-refractivity contribution >= 4 is 17.0 Å². The lowest BCUT2D eigenvalue weighted by atomic mass is 10.2. The zero-order valence-electron chi connectivity index (χ0n) is 8.14. The number of nitrogens with one attached hydrogen (secondary N) is 1. The van der Waals surface area contributed by atoms with Crippen molar-refractivity contribution in [1.29, 1.82) is 0 Å². The van der Waals surface area contributed by atoms with Crippen LogP contribution in [-0.2, 0) is 0 Å². The molecule has 0 fully saturated rings. The van der Waals surface area contributed by atoms with Crippen molar-refractivity contribution in [3.63, 3.8) is 0 Å². The zero-order valence-corrected chi connectivity index (χ0v) is 8.96. The highest BCUT2D eigenvalue weighted by molar-refractivity contribution is 7.07. The van der Waals surface area contributed by atoms with Gasteiger partial charge in [-0.1, -0.05) is 0 Å². The third-order valence-corrected chi connectivity index (χ3v) is 2.61. The van der Waals surface area contributed by atoms with Crippen molar-refractivity contribution in [2.24, 2.45) is 0 Å². The van der Waals surface area contributed by atoms with E-state index in [4.69, 9.17) is 0 Å². The Bertz CT molecular complexity index is 413. The molecule has 0 saturated carbocycles. The molecule has 0 aliphatic rings. The first kappa shape index (κ1) is 10.0. The first-order chi connectivity index (χ1) is 7.25. The molecule has 5 heteroatoms. The van der Waals surface area contributed by atoms with Crippen LogP contribution in [0.25, 0.3) is 0 Å². The molecule has 0 spiro atoms. The first-order valence-corrected chi connectivity index (χ1v) is 5.46. The SMILES string of the molecule is CC(Nc1ccc(F)nc1)c1cscn1. The molecule has 0 saturated heterocycles. The van der Waals surface area contributed by atoms with E-state index in [2.05, 4.69) is 15.3 Å². The van der Waals surface area contributed by atoms with E-state index in [1.54, 1.807) is 22.9 Å². The molecule has 0 aliphatic carbocycles. The Morgan fingerprint density at radius 1 is 1.40 bits per heavy atom. The predicted molar refractivity (Wildman–Crippen MR) is 58.3 cm³/mol. The van der Waals surface area contributed by atoms with Crippen LogP contribution in [0.1, 0.15) is 18.7 Å². The van der Waals surface area contributed by atoms with Gasteiger partial charge in [-0.05, 0) is 19.1 Å². The van der Waals surface area contributed by atoms with Gasteiger partial charge in [0, 0.05) is 5.38 Å². The summed E-state index contributed by atoms with van der Waals surface area (Å²) in [5, 5.41) is 5.17. The fourth-order valence-electron chi connectivity index (χ4n) is 1.22. The van der Waals surface area contributed by atoms with Gasteiger partial charge in [-0.25, -0.2) is 9.97 Å². The van der Waals surface area contributed by atoms with Crippen LogP contribution in [-0.4, -0.2) is 9.97 Å². The Hall–Kier alpha value is -1.49. The summed E-state index contributed by atoms with van der Waals surface area (Å²) in [6.07, 6.45) is 1.47. The van der Waals surface area contributed by atoms with E-state index in [-0.39, 0.29) is 6.04 Å². The number of nitrogens with zero attached hydrogens (tertiary/aromatic N) is 2. The third kappa shape index (κ3) is 2.50. The van der Waals surface area contributed by atoms with Crippen LogP contribution in [0.2, 0.25) is 0 Å². The second-order valence-corrected chi connectivity index (χ2v) is 3.87. The van der Waals surface area contributed by atoms with Gasteiger partial charge in [-0.3, -0.25) is 0 Å². The largest absolute Gasteiger partial charge is 0.376 e. The van der Waals surface area contributed by atoms with Gasteiger partial charge in [0.05, 0.1) is 29.1 Å². The lowest BCUT2D eigenvalue weighted by molar-refractivity contribution is 0.584. The number of hydrogen-bond acceptors (Lipinski definition) is 4. The molecule has 3 nitrogen and oxygen atoms in total. The number of rotatable bonds is 3. The van der Waals surface area contributed by atoms with E-state index in [9.17, 15) is 4.39 Å². The normalized spacial score (nSPS) is 12.4. The van der Waals surface area contributed by atoms with Gasteiger partial charge in [0.2, 0.25) is 5.95 Å². The Balaban J connectivity index is 2.06. The summed E-state index contributed by atoms with van der Waals surface area (Å²) >= 11 is 1.55. The monoisotopic (exact) mass is 223 g/mol. The van der Waals surface area contributed by atoms with Gasteiger partial charge in [0.25, 0.3) is 0 Å². The number of hydrogen-bond donors (Lipinski definition) is 1. The third-order valence-electron chi connectivity index (χ3n) is 2.01. The maximum absolute atomic E-state index is 12.5. The minimum Gasteiger partial charge on any atom is -0.376 e. The van der Waals surface area contributed by atoms with Crippen LogP contribution in [0.4, 0.5) is 10.1 Å². The minimum atomic E-state index is -0.470. The summed E-state index contributed by atoms with van der Waals surface area (Å²) in [6.45, 7) is 2.00. The number of aromatic nitrogens is 2. The standard InChI is InChI=1S/C10H10FN3S/c1-7(9-5-15-6-13-9)14-8-2-3-10(11)12-4-8/h2-7,14H,1H3. The van der Waals surface area contributed by atoms with Gasteiger partial charge in [0.15, 0.2) is 0 Å². The van der Waals surface area contributed by atoms with E-state index < -0.39 is 5.95 Å². The predicted octanol–water partition coefficient (Wildman–Crippen LogP) is 2.85. The molecule has 2 rings (SSSR count). The minimum absolute atomic E-state index is 0.100. The van der Waals surface area contributed by atoms with Crippen molar-refractivity contribution in [3.8, 4) is 0 Å². The van der Waals surface area contributed by atoms with Gasteiger partial charge in [-0.2, -0.15) is 4.39 Å². The van der Waals surface area contributed by atoms with Crippen LogP contribution in [0.15, 0.2) is 29.2 Å². The molecule has 1 N–H and O–H groups in total. The molecular formula is C10H10FN3S. The quantitative estimate of drug-likeness (QED) is 0.813. The number of halogens is 1. The summed E-state index contributed by atoms with van der Waals surface area (Å²) in [5.74, 6) is -0.470. The molecule has 1 unspecified atom stereocenters. The van der Waals surface area contributed by atoms with Crippen molar-refractivity contribution in [2.45, 2.75) is 13.0 Å². The fraction of sp³-hybridized carbons (Fsp3) is 0.200. The molecule has 0 aromatic carbocycles. The van der Waals surface area contributed by atoms with Crippen LogP contribution in [0.5, 0.6) is 0 Å². The van der Waals surface area contributed by atoms with Crippen molar-refractivity contribution in [2.75, 3.05) is 5.32 Å². The molecule has 2 heterocycles. The summed E-state index contributed by atoms with van der Waals surface area (Å²) < 4.78 is 12.5. The van der Waals surface area contributed by atoms with Crippen LogP contribution in [0.3, 0.4) is 0 Å². The van der Waals surface area contributed by atoms with Crippen molar-refractivity contribution < 1.29 is 4.39 Å². The maximum Gasteiger partial charge on any atom is 0.212 e. The Kier molecular flexibility index (Phi) is 2.91. The molecule has 0 radical (unpaired) electrons. The molecule has 0 bridgehead atoms. The molecule has 0 amide bonds. The Morgan fingerprint density at radius 3 is 2.87 bits per heavy atom. The molecule has 1 atom stereocenters. The molecule has 2 aromatic rings. The molecule has 15 heavy (non-hydrogen) atoms. The first-order valence-electron chi connectivity index (χ1n) is 4.52. The van der Waals surface area contributed by atoms with Gasteiger partial charge < -0.3 is 5.32 Å². The molecule has 2 aromatic heterocycles. The summed E-state index contributed by atoms with van der Waals surface area (Å²) in [5.41, 5.74) is 3.55. The van der Waals surface area contributed by atoms with E-state index in [1.165, 1.54) is 12.3 Å². The average Bonchev–Trinajstić information content (AvgIpc) is 2.74. The highest BCUT2D eigenvalue weighted by Gasteiger charge is 2.06. The summed E-state index contributed by atoms with van der Waals surface area (Å²) in [4.78, 5) is 7.76. The molecular weight excluding hydrogens is 213 g/mol. The van der Waals surface area contributed by atoms with Crippen LogP contribution >= 0.6 is 11.3 Å². The van der Waals surface area contributed by atoms with Gasteiger partial charge >= 0.3 is 0 Å². The zero-order chi connectivity index (χ0) is 10.7. The smallest absolute Gasteiger partial charge is 0.212 e. The number of anilines is 1.